The standard InChI is InChI=1S/C15H26N2O2/c1-11(16)8-9-17(3)10-13-6-7-14(18-4)12(2)15(13)19-5/h6-7,11H,8-10,16H2,1-5H3. The summed E-state index contributed by atoms with van der Waals surface area (Å²) < 4.78 is 10.8. The molecule has 0 aromatic heterocycles. The lowest BCUT2D eigenvalue weighted by Crippen LogP contribution is -2.26. The van der Waals surface area contributed by atoms with Gasteiger partial charge in [-0.15, -0.1) is 0 Å². The fraction of sp³-hybridized carbons (Fsp3) is 0.600. The third-order valence-corrected chi connectivity index (χ3v) is 3.27. The van der Waals surface area contributed by atoms with Gasteiger partial charge in [0.25, 0.3) is 0 Å². The number of hydrogen-bond acceptors (Lipinski definition) is 4. The highest BCUT2D eigenvalue weighted by molar-refractivity contribution is 5.49. The van der Waals surface area contributed by atoms with Crippen LogP contribution in [0.3, 0.4) is 0 Å². The fourth-order valence-electron chi connectivity index (χ4n) is 2.15. The molecule has 19 heavy (non-hydrogen) atoms. The Labute approximate surface area is 116 Å². The molecule has 0 saturated carbocycles. The van der Waals surface area contributed by atoms with E-state index in [2.05, 4.69) is 18.0 Å². The van der Waals surface area contributed by atoms with Crippen LogP contribution in [-0.2, 0) is 6.54 Å². The molecule has 0 aliphatic heterocycles. The van der Waals surface area contributed by atoms with Gasteiger partial charge >= 0.3 is 0 Å². The molecule has 1 aromatic rings. The molecule has 4 heteroatoms. The van der Waals surface area contributed by atoms with Crippen molar-refractivity contribution in [1.82, 2.24) is 4.90 Å². The van der Waals surface area contributed by atoms with Crippen LogP contribution in [0, 0.1) is 6.92 Å². The SMILES string of the molecule is COc1ccc(CN(C)CCC(C)N)c(OC)c1C. The second kappa shape index (κ2) is 7.36. The van der Waals surface area contributed by atoms with Crippen molar-refractivity contribution in [2.45, 2.75) is 32.9 Å². The van der Waals surface area contributed by atoms with Crippen LogP contribution >= 0.6 is 0 Å². The zero-order chi connectivity index (χ0) is 14.4. The maximum atomic E-state index is 5.78. The Morgan fingerprint density at radius 3 is 2.47 bits per heavy atom. The Hall–Kier alpha value is -1.26. The minimum atomic E-state index is 0.238. The number of nitrogens with two attached hydrogens (primary N) is 1. The number of hydrogen-bond donors (Lipinski definition) is 1. The van der Waals surface area contributed by atoms with Gasteiger partial charge in [0.1, 0.15) is 11.5 Å². The van der Waals surface area contributed by atoms with Crippen LogP contribution < -0.4 is 15.2 Å². The van der Waals surface area contributed by atoms with Crippen molar-refractivity contribution in [3.05, 3.63) is 23.3 Å². The first kappa shape index (κ1) is 15.8. The predicted molar refractivity (Wildman–Crippen MR) is 78.9 cm³/mol. The van der Waals surface area contributed by atoms with Crippen molar-refractivity contribution in [2.75, 3.05) is 27.8 Å². The van der Waals surface area contributed by atoms with E-state index < -0.39 is 0 Å². The number of rotatable bonds is 7. The van der Waals surface area contributed by atoms with Crippen LogP contribution in [0.2, 0.25) is 0 Å². The van der Waals surface area contributed by atoms with Crippen LogP contribution in [0.25, 0.3) is 0 Å². The van der Waals surface area contributed by atoms with Gasteiger partial charge in [-0.05, 0) is 39.9 Å². The Balaban J connectivity index is 2.80. The lowest BCUT2D eigenvalue weighted by atomic mass is 10.1. The van der Waals surface area contributed by atoms with Crippen molar-refractivity contribution >= 4 is 0 Å². The van der Waals surface area contributed by atoms with Gasteiger partial charge in [-0.1, -0.05) is 6.07 Å². The smallest absolute Gasteiger partial charge is 0.129 e. The second-order valence-electron chi connectivity index (χ2n) is 5.09. The van der Waals surface area contributed by atoms with E-state index in [0.717, 1.165) is 36.6 Å². The zero-order valence-electron chi connectivity index (χ0n) is 12.7. The largest absolute Gasteiger partial charge is 0.496 e. The molecule has 1 unspecified atom stereocenters. The quantitative estimate of drug-likeness (QED) is 0.822. The monoisotopic (exact) mass is 266 g/mol. The maximum Gasteiger partial charge on any atom is 0.129 e. The van der Waals surface area contributed by atoms with Gasteiger partial charge in [0.2, 0.25) is 0 Å². The van der Waals surface area contributed by atoms with Crippen LogP contribution in [0.5, 0.6) is 11.5 Å². The van der Waals surface area contributed by atoms with E-state index >= 15 is 0 Å². The molecule has 1 aromatic carbocycles. The number of benzene rings is 1. The molecule has 1 rings (SSSR count). The van der Waals surface area contributed by atoms with Gasteiger partial charge in [-0.3, -0.25) is 0 Å². The van der Waals surface area contributed by atoms with E-state index in [1.165, 1.54) is 5.56 Å². The number of ether oxygens (including phenoxy) is 2. The van der Waals surface area contributed by atoms with Gasteiger partial charge in [-0.2, -0.15) is 0 Å². The summed E-state index contributed by atoms with van der Waals surface area (Å²) in [6.45, 7) is 5.88. The molecule has 0 amide bonds. The fourth-order valence-corrected chi connectivity index (χ4v) is 2.15. The summed E-state index contributed by atoms with van der Waals surface area (Å²) in [6.07, 6.45) is 0.994. The van der Waals surface area contributed by atoms with E-state index in [1.807, 2.05) is 19.9 Å². The van der Waals surface area contributed by atoms with Crippen LogP contribution in [0.15, 0.2) is 12.1 Å². The number of methoxy groups -OCH3 is 2. The minimum Gasteiger partial charge on any atom is -0.496 e. The molecule has 0 fully saturated rings. The average molecular weight is 266 g/mol. The molecule has 0 heterocycles. The average Bonchev–Trinajstić information content (AvgIpc) is 2.37. The van der Waals surface area contributed by atoms with Crippen molar-refractivity contribution < 1.29 is 9.47 Å². The van der Waals surface area contributed by atoms with Crippen LogP contribution in [-0.4, -0.2) is 38.8 Å². The summed E-state index contributed by atoms with van der Waals surface area (Å²) in [5, 5.41) is 0. The van der Waals surface area contributed by atoms with Crippen LogP contribution in [0.1, 0.15) is 24.5 Å². The normalized spacial score (nSPS) is 12.6. The molecular formula is C15H26N2O2. The van der Waals surface area contributed by atoms with Crippen molar-refractivity contribution in [1.29, 1.82) is 0 Å². The first-order valence-corrected chi connectivity index (χ1v) is 6.64. The highest BCUT2D eigenvalue weighted by atomic mass is 16.5. The topological polar surface area (TPSA) is 47.7 Å². The minimum absolute atomic E-state index is 0.238. The van der Waals surface area contributed by atoms with E-state index in [-0.39, 0.29) is 6.04 Å². The van der Waals surface area contributed by atoms with Crippen LogP contribution in [0.4, 0.5) is 0 Å². The molecule has 2 N–H and O–H groups in total. The molecule has 1 atom stereocenters. The summed E-state index contributed by atoms with van der Waals surface area (Å²) >= 11 is 0. The Morgan fingerprint density at radius 2 is 1.95 bits per heavy atom. The summed E-state index contributed by atoms with van der Waals surface area (Å²) in [4.78, 5) is 2.26. The Kier molecular flexibility index (Phi) is 6.12. The molecule has 4 nitrogen and oxygen atoms in total. The first-order chi connectivity index (χ1) is 8.99. The lowest BCUT2D eigenvalue weighted by Gasteiger charge is -2.21. The Morgan fingerprint density at radius 1 is 1.26 bits per heavy atom. The van der Waals surface area contributed by atoms with Gasteiger partial charge in [0, 0.05) is 23.7 Å². The molecule has 0 aliphatic carbocycles. The van der Waals surface area contributed by atoms with E-state index in [4.69, 9.17) is 15.2 Å². The van der Waals surface area contributed by atoms with Crippen molar-refractivity contribution in [3.63, 3.8) is 0 Å². The summed E-state index contributed by atoms with van der Waals surface area (Å²) in [5.41, 5.74) is 8.00. The highest BCUT2D eigenvalue weighted by Gasteiger charge is 2.12. The molecule has 108 valence electrons. The molecule has 0 aliphatic rings. The third-order valence-electron chi connectivity index (χ3n) is 3.27. The van der Waals surface area contributed by atoms with Gasteiger partial charge in [0.05, 0.1) is 14.2 Å². The number of nitrogens with zero attached hydrogens (tertiary/aromatic N) is 1. The second-order valence-corrected chi connectivity index (χ2v) is 5.09. The summed E-state index contributed by atoms with van der Waals surface area (Å²) in [7, 11) is 5.48. The van der Waals surface area contributed by atoms with Gasteiger partial charge < -0.3 is 20.1 Å². The van der Waals surface area contributed by atoms with E-state index in [9.17, 15) is 0 Å². The molecular weight excluding hydrogens is 240 g/mol. The van der Waals surface area contributed by atoms with E-state index in [0.29, 0.717) is 0 Å². The molecule has 0 saturated heterocycles. The Bertz CT molecular complexity index is 405. The highest BCUT2D eigenvalue weighted by Crippen LogP contribution is 2.31. The third kappa shape index (κ3) is 4.40. The van der Waals surface area contributed by atoms with E-state index in [1.54, 1.807) is 14.2 Å². The molecule has 0 radical (unpaired) electrons. The molecule has 0 spiro atoms. The van der Waals surface area contributed by atoms with Crippen molar-refractivity contribution in [2.24, 2.45) is 5.73 Å². The zero-order valence-corrected chi connectivity index (χ0v) is 12.7. The van der Waals surface area contributed by atoms with Gasteiger partial charge in [0.15, 0.2) is 0 Å². The summed E-state index contributed by atoms with van der Waals surface area (Å²) in [5.74, 6) is 1.77. The first-order valence-electron chi connectivity index (χ1n) is 6.64. The maximum absolute atomic E-state index is 5.78. The lowest BCUT2D eigenvalue weighted by molar-refractivity contribution is 0.304. The summed E-state index contributed by atoms with van der Waals surface area (Å²) in [6, 6.07) is 4.29. The predicted octanol–water partition coefficient (Wildman–Crippen LogP) is 2.18. The molecule has 0 bridgehead atoms. The van der Waals surface area contributed by atoms with Crippen molar-refractivity contribution in [3.8, 4) is 11.5 Å². The van der Waals surface area contributed by atoms with Gasteiger partial charge in [-0.25, -0.2) is 0 Å².